The maximum absolute atomic E-state index is 13.5. The van der Waals surface area contributed by atoms with Crippen molar-refractivity contribution >= 4 is 22.0 Å². The van der Waals surface area contributed by atoms with Crippen molar-refractivity contribution in [2.45, 2.75) is 31.1 Å². The van der Waals surface area contributed by atoms with Gasteiger partial charge in [0.2, 0.25) is 10.0 Å². The Labute approximate surface area is 249 Å². The zero-order chi connectivity index (χ0) is 30.3. The smallest absolute Gasteiger partial charge is 0.254 e. The van der Waals surface area contributed by atoms with Crippen LogP contribution >= 0.6 is 0 Å². The largest absolute Gasteiger partial charge is 0.496 e. The van der Waals surface area contributed by atoms with E-state index in [0.717, 1.165) is 16.9 Å². The molecule has 1 saturated heterocycles. The third kappa shape index (κ3) is 7.85. The minimum Gasteiger partial charge on any atom is -0.496 e. The van der Waals surface area contributed by atoms with Gasteiger partial charge >= 0.3 is 0 Å². The Kier molecular flexibility index (Phi) is 10.2. The van der Waals surface area contributed by atoms with Crippen molar-refractivity contribution in [1.29, 1.82) is 0 Å². The van der Waals surface area contributed by atoms with Gasteiger partial charge in [0.05, 0.1) is 12.0 Å². The van der Waals surface area contributed by atoms with Crippen LogP contribution in [0.3, 0.4) is 0 Å². The Morgan fingerprint density at radius 1 is 0.952 bits per heavy atom. The first-order valence-corrected chi connectivity index (χ1v) is 15.6. The fourth-order valence-corrected chi connectivity index (χ4v) is 6.32. The van der Waals surface area contributed by atoms with E-state index in [0.29, 0.717) is 56.3 Å². The lowest BCUT2D eigenvalue weighted by atomic mass is 9.87. The van der Waals surface area contributed by atoms with Crippen LogP contribution in [0, 0.1) is 5.82 Å². The Hall–Kier alpha value is -3.53. The summed E-state index contributed by atoms with van der Waals surface area (Å²) >= 11 is 0. The van der Waals surface area contributed by atoms with Crippen LogP contribution in [0.2, 0.25) is 0 Å². The second-order valence-corrected chi connectivity index (χ2v) is 13.4. The predicted molar refractivity (Wildman–Crippen MR) is 165 cm³/mol. The lowest BCUT2D eigenvalue weighted by Gasteiger charge is -2.35. The molecule has 0 saturated carbocycles. The molecule has 224 valence electrons. The fraction of sp³-hybridized carbons (Fsp3) is 0.364. The first kappa shape index (κ1) is 31.4. The minimum atomic E-state index is -3.58. The van der Waals surface area contributed by atoms with Gasteiger partial charge in [-0.15, -0.1) is 0 Å². The van der Waals surface area contributed by atoms with Crippen LogP contribution in [-0.4, -0.2) is 81.4 Å². The number of sulfonamides is 1. The molecule has 0 aliphatic carbocycles. The zero-order valence-corrected chi connectivity index (χ0v) is 25.6. The molecule has 3 aromatic rings. The van der Waals surface area contributed by atoms with Crippen molar-refractivity contribution in [2.24, 2.45) is 0 Å². The number of hydrogen-bond acceptors (Lipinski definition) is 5. The van der Waals surface area contributed by atoms with Crippen LogP contribution in [0.1, 0.15) is 42.3 Å². The molecule has 4 rings (SSSR count). The molecule has 0 unspecified atom stereocenters. The number of para-hydroxylation sites is 1. The van der Waals surface area contributed by atoms with Crippen LogP contribution < -0.4 is 4.74 Å². The van der Waals surface area contributed by atoms with E-state index in [-0.39, 0.29) is 11.3 Å². The molecule has 9 heteroatoms. The lowest BCUT2D eigenvalue weighted by molar-refractivity contribution is 0.0745. The van der Waals surface area contributed by atoms with Crippen molar-refractivity contribution < 1.29 is 22.3 Å². The highest BCUT2D eigenvalue weighted by molar-refractivity contribution is 7.89. The van der Waals surface area contributed by atoms with Crippen LogP contribution in [0.4, 0.5) is 4.39 Å². The molecule has 1 fully saturated rings. The van der Waals surface area contributed by atoms with Gasteiger partial charge in [-0.1, -0.05) is 63.3 Å². The van der Waals surface area contributed by atoms with E-state index in [1.165, 1.54) is 28.6 Å². The second kappa shape index (κ2) is 13.6. The molecule has 1 heterocycles. The Balaban J connectivity index is 1.39. The number of benzene rings is 3. The predicted octanol–water partition coefficient (Wildman–Crippen LogP) is 5.29. The summed E-state index contributed by atoms with van der Waals surface area (Å²) in [6.07, 6.45) is 3.83. The summed E-state index contributed by atoms with van der Waals surface area (Å²) in [6, 6.07) is 20.3. The monoisotopic (exact) mass is 593 g/mol. The van der Waals surface area contributed by atoms with Crippen molar-refractivity contribution in [3.63, 3.8) is 0 Å². The van der Waals surface area contributed by atoms with Crippen LogP contribution in [0.25, 0.3) is 6.08 Å². The number of methoxy groups -OCH3 is 1. The molecule has 7 nitrogen and oxygen atoms in total. The van der Waals surface area contributed by atoms with Gasteiger partial charge in [-0.05, 0) is 53.4 Å². The van der Waals surface area contributed by atoms with Gasteiger partial charge in [0.15, 0.2) is 0 Å². The highest BCUT2D eigenvalue weighted by atomic mass is 32.2. The maximum atomic E-state index is 13.5. The number of amides is 1. The van der Waals surface area contributed by atoms with Crippen LogP contribution in [-0.2, 0) is 15.4 Å². The molecule has 1 amide bonds. The van der Waals surface area contributed by atoms with Crippen molar-refractivity contribution in [3.8, 4) is 5.75 Å². The molecule has 1 aliphatic heterocycles. The van der Waals surface area contributed by atoms with Crippen molar-refractivity contribution in [2.75, 3.05) is 52.9 Å². The van der Waals surface area contributed by atoms with Crippen molar-refractivity contribution in [3.05, 3.63) is 101 Å². The summed E-state index contributed by atoms with van der Waals surface area (Å²) in [6.45, 7) is 9.56. The van der Waals surface area contributed by atoms with E-state index in [4.69, 9.17) is 4.74 Å². The van der Waals surface area contributed by atoms with Gasteiger partial charge in [0, 0.05) is 56.9 Å². The average molecular weight is 594 g/mol. The average Bonchev–Trinajstić information content (AvgIpc) is 2.99. The normalized spacial score (nSPS) is 15.2. The molecule has 1 aliphatic rings. The summed E-state index contributed by atoms with van der Waals surface area (Å²) in [5.41, 5.74) is 2.35. The number of ether oxygens (including phenoxy) is 1. The number of nitrogens with zero attached hydrogens (tertiary/aromatic N) is 3. The van der Waals surface area contributed by atoms with Gasteiger partial charge in [-0.3, -0.25) is 9.69 Å². The highest BCUT2D eigenvalue weighted by Crippen LogP contribution is 2.25. The second-order valence-electron chi connectivity index (χ2n) is 11.4. The van der Waals surface area contributed by atoms with E-state index in [2.05, 4.69) is 25.7 Å². The van der Waals surface area contributed by atoms with Crippen molar-refractivity contribution in [1.82, 2.24) is 14.1 Å². The molecular formula is C33H40FN3O4S. The number of halogens is 1. The van der Waals surface area contributed by atoms with Gasteiger partial charge in [-0.2, -0.15) is 4.31 Å². The molecule has 0 N–H and O–H groups in total. The number of hydrogen-bond donors (Lipinski definition) is 0. The molecule has 0 radical (unpaired) electrons. The van der Waals surface area contributed by atoms with E-state index < -0.39 is 15.8 Å². The van der Waals surface area contributed by atoms with Crippen LogP contribution in [0.15, 0.2) is 83.8 Å². The molecular weight excluding hydrogens is 553 g/mol. The zero-order valence-electron chi connectivity index (χ0n) is 24.8. The van der Waals surface area contributed by atoms with Gasteiger partial charge in [-0.25, -0.2) is 12.8 Å². The molecule has 0 aromatic heterocycles. The summed E-state index contributed by atoms with van der Waals surface area (Å²) in [5.74, 6) is 0.148. The Morgan fingerprint density at radius 2 is 1.60 bits per heavy atom. The maximum Gasteiger partial charge on any atom is 0.254 e. The van der Waals surface area contributed by atoms with Gasteiger partial charge in [0.25, 0.3) is 5.91 Å². The van der Waals surface area contributed by atoms with E-state index in [1.54, 1.807) is 24.1 Å². The third-order valence-corrected chi connectivity index (χ3v) is 9.43. The van der Waals surface area contributed by atoms with Crippen LogP contribution in [0.5, 0.6) is 5.75 Å². The molecule has 0 spiro atoms. The first-order valence-electron chi connectivity index (χ1n) is 14.2. The summed E-state index contributed by atoms with van der Waals surface area (Å²) in [5, 5.41) is 0. The quantitative estimate of drug-likeness (QED) is 0.319. The van der Waals surface area contributed by atoms with E-state index in [9.17, 15) is 17.6 Å². The Bertz CT molecular complexity index is 1470. The number of carbonyl (C=O) groups excluding carboxylic acids is 1. The Morgan fingerprint density at radius 3 is 2.21 bits per heavy atom. The molecule has 0 atom stereocenters. The third-order valence-electron chi connectivity index (χ3n) is 7.52. The number of rotatable bonds is 10. The molecule has 0 bridgehead atoms. The SMILES string of the molecule is COc1ccccc1/C=C/CN(CCN1CCN(S(=O)(=O)c2ccc(C(C)(C)C)cc2)CC1)C(=O)c1ccc(F)cc1. The summed E-state index contributed by atoms with van der Waals surface area (Å²) < 4.78 is 47.0. The number of piperazine rings is 1. The molecule has 42 heavy (non-hydrogen) atoms. The first-order chi connectivity index (χ1) is 20.0. The molecule has 3 aromatic carbocycles. The topological polar surface area (TPSA) is 70.2 Å². The van der Waals surface area contributed by atoms with E-state index in [1.807, 2.05) is 48.6 Å². The van der Waals surface area contributed by atoms with Gasteiger partial charge < -0.3 is 9.64 Å². The highest BCUT2D eigenvalue weighted by Gasteiger charge is 2.29. The standard InChI is InChI=1S/C33H40FN3O4S/c1-33(2,3)28-13-17-30(18-14-28)42(39,40)37-24-21-35(22-25-37)20-23-36(32(38)27-11-15-29(34)16-12-27)19-7-9-26-8-5-6-10-31(26)41-4/h5-18H,19-25H2,1-4H3/b9-7+. The summed E-state index contributed by atoms with van der Waals surface area (Å²) in [4.78, 5) is 17.6. The lowest BCUT2D eigenvalue weighted by Crippen LogP contribution is -2.50. The van der Waals surface area contributed by atoms with Gasteiger partial charge in [0.1, 0.15) is 11.6 Å². The summed E-state index contributed by atoms with van der Waals surface area (Å²) in [7, 11) is -1.97. The van der Waals surface area contributed by atoms with E-state index >= 15 is 0 Å². The fourth-order valence-electron chi connectivity index (χ4n) is 4.89. The number of carbonyl (C=O) groups is 1. The minimum absolute atomic E-state index is 0.0515.